The normalized spacial score (nSPS) is 22.2. The van der Waals surface area contributed by atoms with Gasteiger partial charge < -0.3 is 4.90 Å². The summed E-state index contributed by atoms with van der Waals surface area (Å²) >= 11 is 1.92. The van der Waals surface area contributed by atoms with E-state index in [1.807, 2.05) is 17.5 Å². The van der Waals surface area contributed by atoms with Crippen molar-refractivity contribution < 1.29 is 0 Å². The molecule has 2 aliphatic rings. The summed E-state index contributed by atoms with van der Waals surface area (Å²) in [6.45, 7) is 4.26. The Hall–Kier alpha value is -1.36. The van der Waals surface area contributed by atoms with Crippen LogP contribution in [0, 0.1) is 6.92 Å². The first-order valence-corrected chi connectivity index (χ1v) is 8.35. The van der Waals surface area contributed by atoms with Crippen LogP contribution in [0.1, 0.15) is 41.4 Å². The van der Waals surface area contributed by atoms with Gasteiger partial charge in [-0.2, -0.15) is 5.10 Å². The van der Waals surface area contributed by atoms with Gasteiger partial charge in [-0.1, -0.05) is 0 Å². The molecule has 20 heavy (non-hydrogen) atoms. The molecule has 0 spiro atoms. The van der Waals surface area contributed by atoms with Crippen LogP contribution in [0.4, 0.5) is 5.13 Å². The van der Waals surface area contributed by atoms with Gasteiger partial charge in [0.15, 0.2) is 5.13 Å². The third kappa shape index (κ3) is 2.14. The Morgan fingerprint density at radius 1 is 1.30 bits per heavy atom. The number of thiazole rings is 1. The summed E-state index contributed by atoms with van der Waals surface area (Å²) in [6.07, 6.45) is 10.3. The monoisotopic (exact) mass is 288 g/mol. The Balaban J connectivity index is 1.52. The molecule has 2 aromatic rings. The fraction of sp³-hybridized carbons (Fsp3) is 0.600. The molecule has 106 valence electrons. The smallest absolute Gasteiger partial charge is 0.185 e. The highest BCUT2D eigenvalue weighted by atomic mass is 32.1. The third-order valence-electron chi connectivity index (χ3n) is 4.37. The van der Waals surface area contributed by atoms with Crippen LogP contribution in [0.5, 0.6) is 0 Å². The lowest BCUT2D eigenvalue weighted by atomic mass is 10.0. The van der Waals surface area contributed by atoms with E-state index in [0.717, 1.165) is 13.1 Å². The van der Waals surface area contributed by atoms with Crippen molar-refractivity contribution in [3.8, 4) is 0 Å². The Bertz CT molecular complexity index is 592. The summed E-state index contributed by atoms with van der Waals surface area (Å²) in [7, 11) is 0. The maximum atomic E-state index is 4.88. The quantitative estimate of drug-likeness (QED) is 0.852. The zero-order chi connectivity index (χ0) is 13.5. The molecule has 1 aliphatic carbocycles. The molecule has 1 aliphatic heterocycles. The van der Waals surface area contributed by atoms with Crippen molar-refractivity contribution in [1.82, 2.24) is 14.8 Å². The molecule has 0 radical (unpaired) electrons. The molecule has 0 saturated carbocycles. The van der Waals surface area contributed by atoms with E-state index in [4.69, 9.17) is 4.98 Å². The van der Waals surface area contributed by atoms with E-state index < -0.39 is 0 Å². The van der Waals surface area contributed by atoms with E-state index in [9.17, 15) is 0 Å². The molecule has 1 fully saturated rings. The standard InChI is InChI=1S/C15H20N4S/c1-11-8-16-19(9-11)12-6-7-18(10-12)15-17-13-4-2-3-5-14(13)20-15/h8-9,12H,2-7,10H2,1H3. The molecule has 0 N–H and O–H groups in total. The van der Waals surface area contributed by atoms with Gasteiger partial charge in [-0.05, 0) is 44.6 Å². The van der Waals surface area contributed by atoms with Crippen molar-refractivity contribution in [3.05, 3.63) is 28.5 Å². The Labute approximate surface area is 123 Å². The zero-order valence-corrected chi connectivity index (χ0v) is 12.7. The molecule has 1 atom stereocenters. The Kier molecular flexibility index (Phi) is 3.02. The average molecular weight is 288 g/mol. The molecule has 3 heterocycles. The molecule has 1 saturated heterocycles. The van der Waals surface area contributed by atoms with Gasteiger partial charge in [0.25, 0.3) is 0 Å². The molecular weight excluding hydrogens is 268 g/mol. The van der Waals surface area contributed by atoms with Crippen molar-refractivity contribution in [3.63, 3.8) is 0 Å². The fourth-order valence-corrected chi connectivity index (χ4v) is 4.42. The van der Waals surface area contributed by atoms with Gasteiger partial charge in [0.1, 0.15) is 0 Å². The van der Waals surface area contributed by atoms with Crippen LogP contribution in [-0.4, -0.2) is 27.9 Å². The number of anilines is 1. The van der Waals surface area contributed by atoms with Crippen molar-refractivity contribution in [2.24, 2.45) is 0 Å². The number of aryl methyl sites for hydroxylation is 3. The van der Waals surface area contributed by atoms with Crippen LogP contribution in [0.2, 0.25) is 0 Å². The summed E-state index contributed by atoms with van der Waals surface area (Å²) in [5.41, 5.74) is 2.61. The van der Waals surface area contributed by atoms with E-state index in [2.05, 4.69) is 27.8 Å². The lowest BCUT2D eigenvalue weighted by Gasteiger charge is -2.15. The summed E-state index contributed by atoms with van der Waals surface area (Å²) < 4.78 is 2.13. The van der Waals surface area contributed by atoms with Gasteiger partial charge >= 0.3 is 0 Å². The molecule has 4 nitrogen and oxygen atoms in total. The van der Waals surface area contributed by atoms with Gasteiger partial charge in [-0.15, -0.1) is 11.3 Å². The fourth-order valence-electron chi connectivity index (χ4n) is 3.24. The summed E-state index contributed by atoms with van der Waals surface area (Å²) in [5, 5.41) is 5.70. The van der Waals surface area contributed by atoms with Crippen molar-refractivity contribution in [1.29, 1.82) is 0 Å². The maximum absolute atomic E-state index is 4.88. The highest BCUT2D eigenvalue weighted by molar-refractivity contribution is 7.15. The second-order valence-electron chi connectivity index (χ2n) is 5.96. The SMILES string of the molecule is Cc1cnn(C2CCN(c3nc4c(s3)CCCC4)C2)c1. The molecule has 2 aromatic heterocycles. The van der Waals surface area contributed by atoms with Gasteiger partial charge in [0.05, 0.1) is 17.9 Å². The number of hydrogen-bond donors (Lipinski definition) is 0. The van der Waals surface area contributed by atoms with Gasteiger partial charge in [0, 0.05) is 24.2 Å². The van der Waals surface area contributed by atoms with Crippen LogP contribution < -0.4 is 4.90 Å². The van der Waals surface area contributed by atoms with Gasteiger partial charge in [-0.3, -0.25) is 4.68 Å². The minimum atomic E-state index is 0.504. The van der Waals surface area contributed by atoms with Crippen LogP contribution in [0.3, 0.4) is 0 Å². The van der Waals surface area contributed by atoms with Gasteiger partial charge in [-0.25, -0.2) is 4.98 Å². The predicted octanol–water partition coefficient (Wildman–Crippen LogP) is 2.98. The molecule has 0 aromatic carbocycles. The second kappa shape index (κ2) is 4.88. The zero-order valence-electron chi connectivity index (χ0n) is 11.9. The molecule has 0 amide bonds. The lowest BCUT2D eigenvalue weighted by molar-refractivity contribution is 0.494. The summed E-state index contributed by atoms with van der Waals surface area (Å²) in [6, 6.07) is 0.504. The third-order valence-corrected chi connectivity index (χ3v) is 5.59. The molecule has 5 heteroatoms. The van der Waals surface area contributed by atoms with E-state index in [0.29, 0.717) is 6.04 Å². The minimum Gasteiger partial charge on any atom is -0.346 e. The topological polar surface area (TPSA) is 34.0 Å². The number of hydrogen-bond acceptors (Lipinski definition) is 4. The molecule has 0 bridgehead atoms. The van der Waals surface area contributed by atoms with Crippen molar-refractivity contribution in [2.45, 2.75) is 45.1 Å². The first-order valence-electron chi connectivity index (χ1n) is 7.54. The number of rotatable bonds is 2. The molecule has 4 rings (SSSR count). The number of fused-ring (bicyclic) bond motifs is 1. The Morgan fingerprint density at radius 3 is 3.00 bits per heavy atom. The second-order valence-corrected chi connectivity index (χ2v) is 7.02. The van der Waals surface area contributed by atoms with Gasteiger partial charge in [0.2, 0.25) is 0 Å². The summed E-state index contributed by atoms with van der Waals surface area (Å²) in [5.74, 6) is 0. The highest BCUT2D eigenvalue weighted by Gasteiger charge is 2.27. The summed E-state index contributed by atoms with van der Waals surface area (Å²) in [4.78, 5) is 8.86. The van der Waals surface area contributed by atoms with Crippen LogP contribution in [0.25, 0.3) is 0 Å². The Morgan fingerprint density at radius 2 is 2.20 bits per heavy atom. The van der Waals surface area contributed by atoms with E-state index in [1.54, 1.807) is 0 Å². The largest absolute Gasteiger partial charge is 0.346 e. The molecule has 1 unspecified atom stereocenters. The van der Waals surface area contributed by atoms with Crippen LogP contribution >= 0.6 is 11.3 Å². The lowest BCUT2D eigenvalue weighted by Crippen LogP contribution is -2.20. The van der Waals surface area contributed by atoms with E-state index in [1.165, 1.54) is 53.4 Å². The van der Waals surface area contributed by atoms with Crippen LogP contribution in [-0.2, 0) is 12.8 Å². The minimum absolute atomic E-state index is 0.504. The van der Waals surface area contributed by atoms with E-state index in [-0.39, 0.29) is 0 Å². The number of nitrogens with zero attached hydrogens (tertiary/aromatic N) is 4. The number of aromatic nitrogens is 3. The average Bonchev–Trinajstić information content (AvgIpc) is 3.16. The first kappa shape index (κ1) is 12.4. The van der Waals surface area contributed by atoms with Crippen molar-refractivity contribution in [2.75, 3.05) is 18.0 Å². The van der Waals surface area contributed by atoms with Crippen LogP contribution in [0.15, 0.2) is 12.4 Å². The van der Waals surface area contributed by atoms with Crippen molar-refractivity contribution >= 4 is 16.5 Å². The first-order chi connectivity index (χ1) is 9.79. The highest BCUT2D eigenvalue weighted by Crippen LogP contribution is 2.34. The predicted molar refractivity (Wildman–Crippen MR) is 81.6 cm³/mol. The maximum Gasteiger partial charge on any atom is 0.185 e. The van der Waals surface area contributed by atoms with E-state index >= 15 is 0 Å². The molecular formula is C15H20N4S.